The molecule has 1 rings (SSSR count). The summed E-state index contributed by atoms with van der Waals surface area (Å²) in [5.74, 6) is -0.307. The number of terminal acetylenes is 1. The fraction of sp³-hybridized carbons (Fsp3) is 0.750. The Morgan fingerprint density at radius 3 is 2.27 bits per heavy atom. The van der Waals surface area contributed by atoms with E-state index in [0.717, 1.165) is 19.4 Å². The zero-order valence-corrected chi connectivity index (χ0v) is 32.4. The first kappa shape index (κ1) is 43.9. The van der Waals surface area contributed by atoms with Gasteiger partial charge < -0.3 is 26.2 Å². The van der Waals surface area contributed by atoms with Crippen molar-refractivity contribution in [3.05, 3.63) is 12.7 Å². The summed E-state index contributed by atoms with van der Waals surface area (Å²) in [6, 6.07) is -3.66. The molecule has 0 radical (unpaired) electrons. The molecule has 0 saturated carbocycles. The van der Waals surface area contributed by atoms with Gasteiger partial charge in [0.25, 0.3) is 5.91 Å². The van der Waals surface area contributed by atoms with Crippen molar-refractivity contribution in [2.24, 2.45) is 16.7 Å². The van der Waals surface area contributed by atoms with E-state index < -0.39 is 47.2 Å². The highest BCUT2D eigenvalue weighted by Gasteiger charge is 2.46. The molecule has 5 atom stereocenters. The Morgan fingerprint density at radius 2 is 1.73 bits per heavy atom. The van der Waals surface area contributed by atoms with Crippen LogP contribution in [0.5, 0.6) is 0 Å². The molecule has 0 aromatic carbocycles. The number of likely N-dealkylation sites (tertiary alicyclic amines) is 1. The number of nitrogens with one attached hydrogen (secondary N) is 4. The summed E-state index contributed by atoms with van der Waals surface area (Å²) in [5, 5.41) is 11.4. The Morgan fingerprint density at radius 1 is 1.08 bits per heavy atom. The lowest BCUT2D eigenvalue weighted by molar-refractivity contribution is -0.144. The smallest absolute Gasteiger partial charge is 0.315 e. The third-order valence-electron chi connectivity index (χ3n) is 9.01. The van der Waals surface area contributed by atoms with Crippen LogP contribution in [-0.4, -0.2) is 107 Å². The van der Waals surface area contributed by atoms with E-state index in [0.29, 0.717) is 25.9 Å². The third-order valence-corrected chi connectivity index (χ3v) is 9.90. The second kappa shape index (κ2) is 20.6. The molecule has 0 bridgehead atoms. The van der Waals surface area contributed by atoms with Crippen molar-refractivity contribution in [1.82, 2.24) is 34.8 Å². The summed E-state index contributed by atoms with van der Waals surface area (Å²) in [5.41, 5.74) is -0.929. The predicted molar refractivity (Wildman–Crippen MR) is 198 cm³/mol. The molecule has 1 heterocycles. The fourth-order valence-corrected chi connectivity index (χ4v) is 6.55. The van der Waals surface area contributed by atoms with E-state index >= 15 is 0 Å². The maximum absolute atomic E-state index is 14.3. The molecule has 49 heavy (non-hydrogen) atoms. The van der Waals surface area contributed by atoms with E-state index in [1.165, 1.54) is 4.90 Å². The molecule has 1 aliphatic rings. The van der Waals surface area contributed by atoms with Gasteiger partial charge in [0.1, 0.15) is 12.1 Å². The van der Waals surface area contributed by atoms with Crippen LogP contribution < -0.4 is 21.3 Å². The molecule has 12 nitrogen and oxygen atoms in total. The van der Waals surface area contributed by atoms with Crippen LogP contribution in [0, 0.1) is 29.1 Å². The molecule has 5 unspecified atom stereocenters. The first-order valence-electron chi connectivity index (χ1n) is 17.5. The first-order valence-corrected chi connectivity index (χ1v) is 18.2. The zero-order chi connectivity index (χ0) is 37.5. The number of nitrogens with zero attached hydrogens (tertiary/aromatic N) is 3. The second-order valence-electron chi connectivity index (χ2n) is 14.8. The molecule has 0 aromatic rings. The predicted octanol–water partition coefficient (Wildman–Crippen LogP) is 3.74. The van der Waals surface area contributed by atoms with Crippen LogP contribution in [0.2, 0.25) is 0 Å². The molecule has 1 aliphatic heterocycles. The second-order valence-corrected chi connectivity index (χ2v) is 16.2. The standard InChI is InChI=1S/C36H63N7O5S/c1-13-17-19-26(29(44)32(46)37-21-18-14-2)38-31(45)28-25(5)20-23-43(28)33(47)30(35(6,7)8)40-34(48)39-27(36(9,10)16-4)24-42(22-15-3)49-41(11)12/h1,14,25-28,30H,2,15-24H2,3-12H3,(H,37,46)(H,38,45)(H2,39,40,48). The maximum Gasteiger partial charge on any atom is 0.315 e. The van der Waals surface area contributed by atoms with Gasteiger partial charge in [-0.3, -0.25) is 19.2 Å². The maximum atomic E-state index is 14.3. The Hall–Kier alpha value is -3.08. The average molecular weight is 706 g/mol. The minimum atomic E-state index is -1.14. The normalized spacial score (nSPS) is 18.3. The fourth-order valence-electron chi connectivity index (χ4n) is 5.61. The number of ketones is 1. The highest BCUT2D eigenvalue weighted by atomic mass is 32.2. The van der Waals surface area contributed by atoms with Gasteiger partial charge >= 0.3 is 6.03 Å². The van der Waals surface area contributed by atoms with Crippen molar-refractivity contribution in [2.45, 2.75) is 118 Å². The van der Waals surface area contributed by atoms with E-state index in [9.17, 15) is 24.0 Å². The zero-order valence-electron chi connectivity index (χ0n) is 31.6. The topological polar surface area (TPSA) is 143 Å². The average Bonchev–Trinajstić information content (AvgIpc) is 3.41. The Labute approximate surface area is 299 Å². The summed E-state index contributed by atoms with van der Waals surface area (Å²) in [6.07, 6.45) is 10.1. The van der Waals surface area contributed by atoms with E-state index in [1.54, 1.807) is 18.2 Å². The van der Waals surface area contributed by atoms with Gasteiger partial charge in [-0.1, -0.05) is 61.5 Å². The van der Waals surface area contributed by atoms with Crippen molar-refractivity contribution in [3.8, 4) is 12.3 Å². The molecule has 13 heteroatoms. The van der Waals surface area contributed by atoms with Gasteiger partial charge in [0.15, 0.2) is 0 Å². The van der Waals surface area contributed by atoms with Crippen LogP contribution in [0.4, 0.5) is 4.79 Å². The molecule has 5 amide bonds. The molecule has 278 valence electrons. The molecule has 0 aliphatic carbocycles. The van der Waals surface area contributed by atoms with Crippen molar-refractivity contribution < 1.29 is 24.0 Å². The van der Waals surface area contributed by atoms with Crippen molar-refractivity contribution in [3.63, 3.8) is 0 Å². The van der Waals surface area contributed by atoms with Crippen molar-refractivity contribution in [2.75, 3.05) is 40.3 Å². The minimum Gasteiger partial charge on any atom is -0.349 e. The number of Topliss-reactive ketones (excluding diaryl/α,β-unsaturated/α-hetero) is 1. The van der Waals surface area contributed by atoms with E-state index in [4.69, 9.17) is 6.42 Å². The lowest BCUT2D eigenvalue weighted by Gasteiger charge is -2.39. The van der Waals surface area contributed by atoms with Gasteiger partial charge in [0.2, 0.25) is 17.6 Å². The van der Waals surface area contributed by atoms with E-state index in [1.807, 2.05) is 46.1 Å². The number of carbonyl (C=O) groups is 5. The van der Waals surface area contributed by atoms with Crippen LogP contribution >= 0.6 is 12.1 Å². The molecular formula is C36H63N7O5S. The van der Waals surface area contributed by atoms with Crippen molar-refractivity contribution >= 4 is 41.7 Å². The van der Waals surface area contributed by atoms with E-state index in [2.05, 4.69) is 65.8 Å². The minimum absolute atomic E-state index is 0.0787. The van der Waals surface area contributed by atoms with Gasteiger partial charge in [-0.15, -0.1) is 18.9 Å². The number of hydrogen-bond acceptors (Lipinski definition) is 8. The first-order chi connectivity index (χ1) is 22.8. The van der Waals surface area contributed by atoms with Crippen LogP contribution in [0.3, 0.4) is 0 Å². The number of urea groups is 1. The van der Waals surface area contributed by atoms with E-state index in [-0.39, 0.29) is 42.7 Å². The summed E-state index contributed by atoms with van der Waals surface area (Å²) >= 11 is 1.60. The molecule has 0 aromatic heterocycles. The highest BCUT2D eigenvalue weighted by molar-refractivity contribution is 7.94. The van der Waals surface area contributed by atoms with Gasteiger partial charge in [0, 0.05) is 50.8 Å². The summed E-state index contributed by atoms with van der Waals surface area (Å²) < 4.78 is 4.26. The largest absolute Gasteiger partial charge is 0.349 e. The summed E-state index contributed by atoms with van der Waals surface area (Å²) in [4.78, 5) is 68.8. The van der Waals surface area contributed by atoms with Crippen LogP contribution in [0.1, 0.15) is 93.9 Å². The Kier molecular flexibility index (Phi) is 18.4. The van der Waals surface area contributed by atoms with Gasteiger partial charge in [-0.2, -0.15) is 0 Å². The quantitative estimate of drug-likeness (QED) is 0.0494. The van der Waals surface area contributed by atoms with Crippen molar-refractivity contribution in [1.29, 1.82) is 0 Å². The third kappa shape index (κ3) is 14.0. The number of rotatable bonds is 20. The van der Waals surface area contributed by atoms with Crippen LogP contribution in [-0.2, 0) is 19.2 Å². The molecule has 4 N–H and O–H groups in total. The lowest BCUT2D eigenvalue weighted by atomic mass is 9.81. The number of hydrogen-bond donors (Lipinski definition) is 4. The molecule has 1 fully saturated rings. The van der Waals surface area contributed by atoms with Crippen LogP contribution in [0.15, 0.2) is 12.7 Å². The highest BCUT2D eigenvalue weighted by Crippen LogP contribution is 2.30. The van der Waals surface area contributed by atoms with Gasteiger partial charge in [0.05, 0.1) is 6.04 Å². The Bertz CT molecular complexity index is 1180. The molecule has 0 spiro atoms. The number of amides is 5. The van der Waals surface area contributed by atoms with Crippen LogP contribution in [0.25, 0.3) is 0 Å². The lowest BCUT2D eigenvalue weighted by Crippen LogP contribution is -2.62. The molecular weight excluding hydrogens is 643 g/mol. The molecule has 1 saturated heterocycles. The number of carbonyl (C=O) groups excluding carboxylic acids is 5. The monoisotopic (exact) mass is 705 g/mol. The summed E-state index contributed by atoms with van der Waals surface area (Å²) in [6.45, 7) is 21.5. The SMILES string of the molecule is C#CCCC(NC(=O)C1C(C)CCN1C(=O)C(NC(=O)NC(CN(CCC)SN(C)C)C(C)(C)CC)C(C)(C)C)C(=O)C(=O)NCCC=C. The summed E-state index contributed by atoms with van der Waals surface area (Å²) in [7, 11) is 3.97. The Balaban J connectivity index is 3.26. The van der Waals surface area contributed by atoms with Gasteiger partial charge in [-0.25, -0.2) is 13.4 Å². The van der Waals surface area contributed by atoms with Gasteiger partial charge in [-0.05, 0) is 62.9 Å².